The molecular weight excluding hydrogens is 280 g/mol. The fourth-order valence-corrected chi connectivity index (χ4v) is 3.24. The summed E-state index contributed by atoms with van der Waals surface area (Å²) in [4.78, 5) is 0. The highest BCUT2D eigenvalue weighted by atomic mass is 15.0. The van der Waals surface area contributed by atoms with Crippen LogP contribution in [0.15, 0.2) is 36.4 Å². The van der Waals surface area contributed by atoms with Crippen molar-refractivity contribution in [2.45, 2.75) is 59.0 Å². The van der Waals surface area contributed by atoms with Crippen LogP contribution in [0.3, 0.4) is 0 Å². The van der Waals surface area contributed by atoms with E-state index < -0.39 is 0 Å². The smallest absolute Gasteiger partial charge is 0.0622 e. The van der Waals surface area contributed by atoms with E-state index in [1.54, 1.807) is 0 Å². The van der Waals surface area contributed by atoms with Crippen LogP contribution in [0.2, 0.25) is 0 Å². The van der Waals surface area contributed by atoms with Crippen LogP contribution in [0.5, 0.6) is 0 Å². The Kier molecular flexibility index (Phi) is 3.66. The van der Waals surface area contributed by atoms with Gasteiger partial charge in [0.2, 0.25) is 0 Å². The molecule has 3 rings (SSSR count). The van der Waals surface area contributed by atoms with Gasteiger partial charge in [-0.05, 0) is 69.9 Å². The Hall–Kier alpha value is -1.96. The molecule has 0 amide bonds. The van der Waals surface area contributed by atoms with Crippen LogP contribution in [0.25, 0.3) is 11.1 Å². The summed E-state index contributed by atoms with van der Waals surface area (Å²) >= 11 is 0. The Labute approximate surface area is 140 Å². The Balaban J connectivity index is 2.13. The van der Waals surface area contributed by atoms with Crippen molar-refractivity contribution in [1.82, 2.24) is 0 Å². The molecule has 0 heterocycles. The lowest BCUT2D eigenvalue weighted by Gasteiger charge is -2.30. The van der Waals surface area contributed by atoms with Gasteiger partial charge in [0.05, 0.1) is 11.4 Å². The Bertz CT molecular complexity index is 730. The Morgan fingerprint density at radius 1 is 0.739 bits per heavy atom. The average Bonchev–Trinajstić information content (AvgIpc) is 2.77. The molecule has 1 aliphatic carbocycles. The van der Waals surface area contributed by atoms with Crippen molar-refractivity contribution in [3.05, 3.63) is 47.5 Å². The maximum Gasteiger partial charge on any atom is 0.0622 e. The fraction of sp³-hybridized carbons (Fsp3) is 0.429. The van der Waals surface area contributed by atoms with E-state index >= 15 is 0 Å². The molecule has 2 aromatic carbocycles. The maximum atomic E-state index is 3.75. The molecule has 0 atom stereocenters. The van der Waals surface area contributed by atoms with Crippen LogP contribution in [-0.2, 0) is 6.42 Å². The van der Waals surface area contributed by atoms with E-state index in [0.29, 0.717) is 0 Å². The quantitative estimate of drug-likeness (QED) is 0.636. The van der Waals surface area contributed by atoms with Crippen molar-refractivity contribution < 1.29 is 0 Å². The minimum atomic E-state index is 0.0260. The first kappa shape index (κ1) is 15.9. The van der Waals surface area contributed by atoms with Gasteiger partial charge in [-0.3, -0.25) is 0 Å². The molecule has 0 unspecified atom stereocenters. The second-order valence-corrected chi connectivity index (χ2v) is 8.60. The molecule has 1 aliphatic rings. The minimum absolute atomic E-state index is 0.0260. The summed E-state index contributed by atoms with van der Waals surface area (Å²) in [6, 6.07) is 13.2. The second kappa shape index (κ2) is 5.30. The van der Waals surface area contributed by atoms with Crippen LogP contribution in [0.1, 0.15) is 52.7 Å². The predicted molar refractivity (Wildman–Crippen MR) is 101 cm³/mol. The van der Waals surface area contributed by atoms with E-state index in [-0.39, 0.29) is 11.1 Å². The summed E-state index contributed by atoms with van der Waals surface area (Å²) in [6.45, 7) is 13.3. The number of hydrogen-bond donors (Lipinski definition) is 2. The molecule has 2 nitrogen and oxygen atoms in total. The number of nitrogens with one attached hydrogen (secondary N) is 2. The van der Waals surface area contributed by atoms with Gasteiger partial charge in [0.1, 0.15) is 0 Å². The van der Waals surface area contributed by atoms with E-state index in [0.717, 1.165) is 6.42 Å². The zero-order chi connectivity index (χ0) is 16.8. The largest absolute Gasteiger partial charge is 0.379 e. The lowest BCUT2D eigenvalue weighted by molar-refractivity contribution is 0.623. The van der Waals surface area contributed by atoms with Gasteiger partial charge < -0.3 is 10.6 Å². The van der Waals surface area contributed by atoms with Crippen molar-refractivity contribution in [3.63, 3.8) is 0 Å². The molecule has 0 aromatic heterocycles. The number of hydrogen-bond acceptors (Lipinski definition) is 2. The highest BCUT2D eigenvalue weighted by Crippen LogP contribution is 2.44. The third-order valence-electron chi connectivity index (χ3n) is 4.00. The van der Waals surface area contributed by atoms with E-state index in [4.69, 9.17) is 0 Å². The van der Waals surface area contributed by atoms with Gasteiger partial charge in [-0.25, -0.2) is 0 Å². The van der Waals surface area contributed by atoms with Crippen LogP contribution in [-0.4, -0.2) is 11.1 Å². The number of rotatable bonds is 2. The molecule has 0 saturated heterocycles. The van der Waals surface area contributed by atoms with Crippen LogP contribution in [0, 0.1) is 0 Å². The molecule has 0 saturated carbocycles. The Morgan fingerprint density at radius 2 is 1.39 bits per heavy atom. The predicted octanol–water partition coefficient (Wildman–Crippen LogP) is 5.68. The SMILES string of the molecule is CC(C)(C)Nc1ccc2c(c1NC(C)(C)C)Cc1ccccc1-2. The standard InChI is InChI=1S/C21H28N2/c1-20(2,3)22-18-12-11-16-15-10-8-7-9-14(15)13-17(16)19(18)23-21(4,5)6/h7-12,22-23H,13H2,1-6H3. The molecule has 0 aliphatic heterocycles. The summed E-state index contributed by atoms with van der Waals surface area (Å²) in [5.41, 5.74) is 8.09. The molecular formula is C21H28N2. The van der Waals surface area contributed by atoms with Gasteiger partial charge in [0, 0.05) is 17.5 Å². The van der Waals surface area contributed by atoms with Crippen molar-refractivity contribution in [1.29, 1.82) is 0 Å². The third kappa shape index (κ3) is 3.36. The highest BCUT2D eigenvalue weighted by molar-refractivity contribution is 5.88. The van der Waals surface area contributed by atoms with Crippen LogP contribution < -0.4 is 10.6 Å². The van der Waals surface area contributed by atoms with Gasteiger partial charge in [-0.2, -0.15) is 0 Å². The van der Waals surface area contributed by atoms with Gasteiger partial charge in [0.25, 0.3) is 0 Å². The number of fused-ring (bicyclic) bond motifs is 3. The summed E-state index contributed by atoms with van der Waals surface area (Å²) in [7, 11) is 0. The zero-order valence-corrected chi connectivity index (χ0v) is 15.2. The minimum Gasteiger partial charge on any atom is -0.379 e. The average molecular weight is 308 g/mol. The second-order valence-electron chi connectivity index (χ2n) is 8.60. The highest BCUT2D eigenvalue weighted by Gasteiger charge is 2.26. The maximum absolute atomic E-state index is 3.75. The molecule has 23 heavy (non-hydrogen) atoms. The van der Waals surface area contributed by atoms with Gasteiger partial charge in [0.15, 0.2) is 0 Å². The van der Waals surface area contributed by atoms with E-state index in [2.05, 4.69) is 88.6 Å². The van der Waals surface area contributed by atoms with Crippen molar-refractivity contribution in [2.75, 3.05) is 10.6 Å². The van der Waals surface area contributed by atoms with Gasteiger partial charge >= 0.3 is 0 Å². The lowest BCUT2D eigenvalue weighted by atomic mass is 9.99. The van der Waals surface area contributed by atoms with E-state index in [1.165, 1.54) is 33.6 Å². The van der Waals surface area contributed by atoms with Gasteiger partial charge in [-0.1, -0.05) is 30.3 Å². The zero-order valence-electron chi connectivity index (χ0n) is 15.2. The number of anilines is 2. The van der Waals surface area contributed by atoms with Gasteiger partial charge in [-0.15, -0.1) is 0 Å². The molecule has 0 radical (unpaired) electrons. The van der Waals surface area contributed by atoms with Crippen LogP contribution >= 0.6 is 0 Å². The topological polar surface area (TPSA) is 24.1 Å². The molecule has 0 fully saturated rings. The summed E-state index contributed by atoms with van der Waals surface area (Å²) in [5.74, 6) is 0. The molecule has 2 heteroatoms. The summed E-state index contributed by atoms with van der Waals surface area (Å²) < 4.78 is 0. The molecule has 2 N–H and O–H groups in total. The summed E-state index contributed by atoms with van der Waals surface area (Å²) in [6.07, 6.45) is 1.00. The molecule has 122 valence electrons. The Morgan fingerprint density at radius 3 is 2.04 bits per heavy atom. The van der Waals surface area contributed by atoms with Crippen LogP contribution in [0.4, 0.5) is 11.4 Å². The van der Waals surface area contributed by atoms with Crippen molar-refractivity contribution in [2.24, 2.45) is 0 Å². The van der Waals surface area contributed by atoms with Crippen molar-refractivity contribution >= 4 is 11.4 Å². The monoisotopic (exact) mass is 308 g/mol. The summed E-state index contributed by atoms with van der Waals surface area (Å²) in [5, 5.41) is 7.41. The fourth-order valence-electron chi connectivity index (χ4n) is 3.24. The first-order chi connectivity index (χ1) is 10.6. The lowest BCUT2D eigenvalue weighted by Crippen LogP contribution is -2.30. The molecule has 0 bridgehead atoms. The van der Waals surface area contributed by atoms with Crippen molar-refractivity contribution in [3.8, 4) is 11.1 Å². The first-order valence-corrected chi connectivity index (χ1v) is 8.45. The normalized spacial score (nSPS) is 13.5. The third-order valence-corrected chi connectivity index (χ3v) is 4.00. The number of benzene rings is 2. The first-order valence-electron chi connectivity index (χ1n) is 8.45. The van der Waals surface area contributed by atoms with E-state index in [1.807, 2.05) is 0 Å². The van der Waals surface area contributed by atoms with E-state index in [9.17, 15) is 0 Å². The molecule has 0 spiro atoms. The molecule has 2 aromatic rings.